The smallest absolute Gasteiger partial charge is 0.239 e. The topological polar surface area (TPSA) is 128 Å². The number of amides is 1. The number of nitrogens with two attached hydrogens (primary N) is 1. The zero-order valence-electron chi connectivity index (χ0n) is 16.9. The highest BCUT2D eigenvalue weighted by atomic mass is 32.2. The van der Waals surface area contributed by atoms with E-state index >= 15 is 0 Å². The maximum Gasteiger partial charge on any atom is 0.239 e. The standard InChI is InChI=1S/C21H19N5O3S3/c1-2-17(30-19-11-16(23-12-24-19)13-6-4-3-5-7-13)20(27)26-21-25-15-9-8-14(32(22,28)29)10-18(15)31-21/h3-12,17H,2H2,1H3,(H2,22,28,29)(H,25,26,27). The molecule has 1 unspecified atom stereocenters. The Labute approximate surface area is 193 Å². The average Bonchev–Trinajstić information content (AvgIpc) is 3.19. The van der Waals surface area contributed by atoms with Crippen molar-refractivity contribution in [1.29, 1.82) is 0 Å². The Morgan fingerprint density at radius 2 is 1.94 bits per heavy atom. The summed E-state index contributed by atoms with van der Waals surface area (Å²) in [4.78, 5) is 25.9. The molecular weight excluding hydrogens is 466 g/mol. The second kappa shape index (κ2) is 9.33. The van der Waals surface area contributed by atoms with Crippen LogP contribution in [0.3, 0.4) is 0 Å². The van der Waals surface area contributed by atoms with Gasteiger partial charge in [-0.05, 0) is 30.7 Å². The first-order valence-electron chi connectivity index (χ1n) is 9.62. The van der Waals surface area contributed by atoms with E-state index in [0.29, 0.717) is 26.8 Å². The first-order chi connectivity index (χ1) is 15.3. The van der Waals surface area contributed by atoms with Gasteiger partial charge in [0.25, 0.3) is 0 Å². The van der Waals surface area contributed by atoms with Crippen LogP contribution in [0.2, 0.25) is 0 Å². The Kier molecular flexibility index (Phi) is 6.51. The van der Waals surface area contributed by atoms with E-state index in [0.717, 1.165) is 11.3 Å². The zero-order chi connectivity index (χ0) is 22.7. The Morgan fingerprint density at radius 1 is 1.16 bits per heavy atom. The number of benzene rings is 2. The van der Waals surface area contributed by atoms with Crippen LogP contribution in [0, 0.1) is 0 Å². The van der Waals surface area contributed by atoms with Crippen LogP contribution in [-0.4, -0.2) is 34.5 Å². The molecule has 32 heavy (non-hydrogen) atoms. The maximum absolute atomic E-state index is 12.9. The summed E-state index contributed by atoms with van der Waals surface area (Å²) in [6.07, 6.45) is 2.08. The summed E-state index contributed by atoms with van der Waals surface area (Å²) in [6.45, 7) is 1.92. The predicted molar refractivity (Wildman–Crippen MR) is 127 cm³/mol. The van der Waals surface area contributed by atoms with Gasteiger partial charge in [-0.15, -0.1) is 0 Å². The number of carbonyl (C=O) groups is 1. The van der Waals surface area contributed by atoms with Crippen molar-refractivity contribution in [1.82, 2.24) is 15.0 Å². The quantitative estimate of drug-likeness (QED) is 0.300. The highest BCUT2D eigenvalue weighted by Crippen LogP contribution is 2.30. The Balaban J connectivity index is 1.50. The van der Waals surface area contributed by atoms with Crippen LogP contribution in [0.15, 0.2) is 70.8 Å². The van der Waals surface area contributed by atoms with Crippen molar-refractivity contribution in [3.05, 3.63) is 60.9 Å². The van der Waals surface area contributed by atoms with Gasteiger partial charge in [0.1, 0.15) is 11.4 Å². The fourth-order valence-corrected chi connectivity index (χ4v) is 5.39. The predicted octanol–water partition coefficient (Wildman–Crippen LogP) is 3.91. The number of aromatic nitrogens is 3. The van der Waals surface area contributed by atoms with Crippen LogP contribution in [0.25, 0.3) is 21.5 Å². The van der Waals surface area contributed by atoms with Crippen molar-refractivity contribution in [2.24, 2.45) is 5.14 Å². The molecule has 164 valence electrons. The summed E-state index contributed by atoms with van der Waals surface area (Å²) in [5, 5.41) is 8.72. The van der Waals surface area contributed by atoms with Crippen molar-refractivity contribution in [2.75, 3.05) is 5.32 Å². The number of thiazole rings is 1. The number of carbonyl (C=O) groups excluding carboxylic acids is 1. The molecule has 0 aliphatic carbocycles. The van der Waals surface area contributed by atoms with Crippen LogP contribution in [0.1, 0.15) is 13.3 Å². The summed E-state index contributed by atoms with van der Waals surface area (Å²) in [5.41, 5.74) is 2.35. The molecule has 4 aromatic rings. The van der Waals surface area contributed by atoms with Crippen LogP contribution in [0.5, 0.6) is 0 Å². The largest absolute Gasteiger partial charge is 0.301 e. The highest BCUT2D eigenvalue weighted by molar-refractivity contribution is 8.00. The molecule has 0 fully saturated rings. The van der Waals surface area contributed by atoms with E-state index in [1.54, 1.807) is 6.07 Å². The second-order valence-corrected chi connectivity index (χ2v) is 10.6. The molecule has 0 radical (unpaired) electrons. The van der Waals surface area contributed by atoms with Gasteiger partial charge >= 0.3 is 0 Å². The van der Waals surface area contributed by atoms with Gasteiger partial charge in [-0.3, -0.25) is 4.79 Å². The SMILES string of the molecule is CCC(Sc1cc(-c2ccccc2)ncn1)C(=O)Nc1nc2ccc(S(N)(=O)=O)cc2s1. The molecule has 0 saturated heterocycles. The van der Waals surface area contributed by atoms with E-state index in [-0.39, 0.29) is 16.1 Å². The van der Waals surface area contributed by atoms with Gasteiger partial charge in [0.05, 0.1) is 26.1 Å². The molecule has 1 amide bonds. The Morgan fingerprint density at radius 3 is 2.66 bits per heavy atom. The molecule has 11 heteroatoms. The molecule has 0 spiro atoms. The number of nitrogens with one attached hydrogen (secondary N) is 1. The summed E-state index contributed by atoms with van der Waals surface area (Å²) in [7, 11) is -3.81. The fraction of sp³-hybridized carbons (Fsp3) is 0.143. The number of hydrogen-bond acceptors (Lipinski definition) is 8. The molecule has 3 N–H and O–H groups in total. The van der Waals surface area contributed by atoms with Crippen LogP contribution in [-0.2, 0) is 14.8 Å². The van der Waals surface area contributed by atoms with Gasteiger partial charge in [-0.2, -0.15) is 0 Å². The summed E-state index contributed by atoms with van der Waals surface area (Å²) < 4.78 is 23.7. The average molecular weight is 486 g/mol. The minimum atomic E-state index is -3.81. The number of thioether (sulfide) groups is 1. The van der Waals surface area contributed by atoms with E-state index in [9.17, 15) is 13.2 Å². The number of primary sulfonamides is 1. The molecule has 8 nitrogen and oxygen atoms in total. The van der Waals surface area contributed by atoms with Gasteiger partial charge in [0, 0.05) is 5.56 Å². The minimum absolute atomic E-state index is 0.00602. The molecule has 1 atom stereocenters. The third kappa shape index (κ3) is 5.13. The first-order valence-corrected chi connectivity index (χ1v) is 12.9. The van der Waals surface area contributed by atoms with Gasteiger partial charge in [-0.25, -0.2) is 28.5 Å². The number of hydrogen-bond donors (Lipinski definition) is 2. The van der Waals surface area contributed by atoms with Crippen molar-refractivity contribution in [3.8, 4) is 11.3 Å². The van der Waals surface area contributed by atoms with Crippen molar-refractivity contribution in [3.63, 3.8) is 0 Å². The maximum atomic E-state index is 12.9. The number of fused-ring (bicyclic) bond motifs is 1. The van der Waals surface area contributed by atoms with Gasteiger partial charge in [0.15, 0.2) is 5.13 Å². The number of sulfonamides is 1. The number of nitrogens with zero attached hydrogens (tertiary/aromatic N) is 3. The molecule has 4 rings (SSSR count). The molecule has 0 saturated carbocycles. The summed E-state index contributed by atoms with van der Waals surface area (Å²) >= 11 is 2.55. The monoisotopic (exact) mass is 485 g/mol. The zero-order valence-corrected chi connectivity index (χ0v) is 19.4. The molecule has 0 bridgehead atoms. The lowest BCUT2D eigenvalue weighted by molar-refractivity contribution is -0.115. The fourth-order valence-electron chi connectivity index (χ4n) is 2.96. The van der Waals surface area contributed by atoms with Gasteiger partial charge in [-0.1, -0.05) is 60.4 Å². The Hall–Kier alpha value is -2.86. The molecule has 2 aromatic carbocycles. The molecular formula is C21H19N5O3S3. The van der Waals surface area contributed by atoms with Gasteiger partial charge in [0.2, 0.25) is 15.9 Å². The first kappa shape index (κ1) is 22.3. The van der Waals surface area contributed by atoms with Gasteiger partial charge < -0.3 is 5.32 Å². The third-order valence-electron chi connectivity index (χ3n) is 4.56. The Bertz CT molecular complexity index is 1370. The van der Waals surface area contributed by atoms with Crippen molar-refractivity contribution < 1.29 is 13.2 Å². The number of anilines is 1. The minimum Gasteiger partial charge on any atom is -0.301 e. The summed E-state index contributed by atoms with van der Waals surface area (Å²) in [5.74, 6) is -0.205. The lowest BCUT2D eigenvalue weighted by Crippen LogP contribution is -2.24. The normalized spacial score (nSPS) is 12.6. The summed E-state index contributed by atoms with van der Waals surface area (Å²) in [6, 6.07) is 16.0. The van der Waals surface area contributed by atoms with E-state index in [1.165, 1.54) is 41.6 Å². The van der Waals surface area contributed by atoms with Crippen molar-refractivity contribution >= 4 is 54.4 Å². The second-order valence-electron chi connectivity index (χ2n) is 6.81. The molecule has 0 aliphatic rings. The molecule has 0 aliphatic heterocycles. The van der Waals surface area contributed by atoms with E-state index in [2.05, 4.69) is 20.3 Å². The van der Waals surface area contributed by atoms with Crippen LogP contribution < -0.4 is 10.5 Å². The van der Waals surface area contributed by atoms with E-state index < -0.39 is 10.0 Å². The molecule has 2 heterocycles. The van der Waals surface area contributed by atoms with Crippen LogP contribution >= 0.6 is 23.1 Å². The lowest BCUT2D eigenvalue weighted by Gasteiger charge is -2.13. The third-order valence-corrected chi connectivity index (χ3v) is 7.70. The highest BCUT2D eigenvalue weighted by Gasteiger charge is 2.21. The van der Waals surface area contributed by atoms with Crippen LogP contribution in [0.4, 0.5) is 5.13 Å². The lowest BCUT2D eigenvalue weighted by atomic mass is 10.1. The van der Waals surface area contributed by atoms with E-state index in [1.807, 2.05) is 43.3 Å². The van der Waals surface area contributed by atoms with E-state index in [4.69, 9.17) is 5.14 Å². The molecule has 2 aromatic heterocycles. The van der Waals surface area contributed by atoms with Crippen molar-refractivity contribution in [2.45, 2.75) is 28.5 Å². The number of rotatable bonds is 7.